The highest BCUT2D eigenvalue weighted by atomic mass is 19.1. The van der Waals surface area contributed by atoms with Gasteiger partial charge in [0.2, 0.25) is 5.91 Å². The maximum Gasteiger partial charge on any atom is 0.320 e. The molecule has 2 aromatic rings. The molecule has 0 spiro atoms. The van der Waals surface area contributed by atoms with Crippen LogP contribution in [0, 0.1) is 5.82 Å². The van der Waals surface area contributed by atoms with Gasteiger partial charge in [-0.15, -0.1) is 0 Å². The third kappa shape index (κ3) is 6.92. The Hall–Kier alpha value is -3.06. The highest BCUT2D eigenvalue weighted by Crippen LogP contribution is 2.12. The molecule has 0 heterocycles. The number of rotatable bonds is 9. The van der Waals surface area contributed by atoms with Crippen LogP contribution in [0.2, 0.25) is 0 Å². The maximum atomic E-state index is 13.1. The lowest BCUT2D eigenvalue weighted by atomic mass is 10.1. The standard InChI is InChI=1S/C21H23FN2O4/c1-3-28-21(27)14-24(12-16-7-9-18(22)10-8-16)13-20(26)23-19-6-4-5-17(11-19)15(2)25/h4-11H,3,12-14H2,1-2H3,(H,23,26). The molecule has 2 aromatic carbocycles. The van der Waals surface area contributed by atoms with Gasteiger partial charge < -0.3 is 10.1 Å². The lowest BCUT2D eigenvalue weighted by Crippen LogP contribution is -2.37. The van der Waals surface area contributed by atoms with E-state index in [-0.39, 0.29) is 43.7 Å². The number of ether oxygens (including phenoxy) is 1. The molecule has 0 aliphatic carbocycles. The van der Waals surface area contributed by atoms with Crippen molar-refractivity contribution >= 4 is 23.3 Å². The number of carbonyl (C=O) groups excluding carboxylic acids is 3. The van der Waals surface area contributed by atoms with Crippen molar-refractivity contribution in [3.63, 3.8) is 0 Å². The van der Waals surface area contributed by atoms with E-state index < -0.39 is 5.97 Å². The van der Waals surface area contributed by atoms with Crippen LogP contribution in [0.25, 0.3) is 0 Å². The van der Waals surface area contributed by atoms with Gasteiger partial charge in [-0.25, -0.2) is 4.39 Å². The summed E-state index contributed by atoms with van der Waals surface area (Å²) in [6.45, 7) is 3.53. The fraction of sp³-hybridized carbons (Fsp3) is 0.286. The number of amides is 1. The first-order valence-electron chi connectivity index (χ1n) is 8.90. The first kappa shape index (κ1) is 21.2. The van der Waals surface area contributed by atoms with Gasteiger partial charge in [-0.3, -0.25) is 19.3 Å². The van der Waals surface area contributed by atoms with Crippen LogP contribution in [0.4, 0.5) is 10.1 Å². The van der Waals surface area contributed by atoms with E-state index in [9.17, 15) is 18.8 Å². The molecule has 1 amide bonds. The number of hydrogen-bond acceptors (Lipinski definition) is 5. The van der Waals surface area contributed by atoms with Crippen LogP contribution in [0.3, 0.4) is 0 Å². The number of anilines is 1. The largest absolute Gasteiger partial charge is 0.465 e. The molecule has 0 aliphatic rings. The molecule has 0 atom stereocenters. The summed E-state index contributed by atoms with van der Waals surface area (Å²) in [7, 11) is 0. The molecule has 0 saturated heterocycles. The predicted octanol–water partition coefficient (Wildman–Crippen LogP) is 3.03. The molecular weight excluding hydrogens is 363 g/mol. The maximum absolute atomic E-state index is 13.1. The molecule has 148 valence electrons. The van der Waals surface area contributed by atoms with Crippen molar-refractivity contribution < 1.29 is 23.5 Å². The van der Waals surface area contributed by atoms with Gasteiger partial charge in [0, 0.05) is 17.8 Å². The highest BCUT2D eigenvalue weighted by molar-refractivity contribution is 5.97. The van der Waals surface area contributed by atoms with Crippen LogP contribution >= 0.6 is 0 Å². The lowest BCUT2D eigenvalue weighted by molar-refractivity contribution is -0.144. The van der Waals surface area contributed by atoms with E-state index in [4.69, 9.17) is 4.74 Å². The Labute approximate surface area is 163 Å². The number of benzene rings is 2. The molecule has 7 heteroatoms. The van der Waals surface area contributed by atoms with Gasteiger partial charge in [-0.2, -0.15) is 0 Å². The zero-order chi connectivity index (χ0) is 20.5. The van der Waals surface area contributed by atoms with Crippen molar-refractivity contribution in [2.24, 2.45) is 0 Å². The quantitative estimate of drug-likeness (QED) is 0.530. The van der Waals surface area contributed by atoms with Gasteiger partial charge in [0.05, 0.1) is 19.7 Å². The summed E-state index contributed by atoms with van der Waals surface area (Å²) in [6.07, 6.45) is 0. The van der Waals surface area contributed by atoms with Crippen molar-refractivity contribution in [3.8, 4) is 0 Å². The zero-order valence-corrected chi connectivity index (χ0v) is 15.9. The SMILES string of the molecule is CCOC(=O)CN(CC(=O)Nc1cccc(C(C)=O)c1)Cc1ccc(F)cc1. The zero-order valence-electron chi connectivity index (χ0n) is 15.9. The second kappa shape index (κ2) is 10.3. The number of Topliss-reactive ketones (excluding diaryl/α,β-unsaturated/α-hetero) is 1. The summed E-state index contributed by atoms with van der Waals surface area (Å²) in [5.74, 6) is -1.25. The van der Waals surface area contributed by atoms with Crippen LogP contribution in [0.15, 0.2) is 48.5 Å². The molecule has 0 radical (unpaired) electrons. The molecule has 6 nitrogen and oxygen atoms in total. The average molecular weight is 386 g/mol. The number of nitrogens with one attached hydrogen (secondary N) is 1. The van der Waals surface area contributed by atoms with Gasteiger partial charge in [0.1, 0.15) is 5.82 Å². The van der Waals surface area contributed by atoms with Crippen molar-refractivity contribution in [2.75, 3.05) is 25.0 Å². The average Bonchev–Trinajstić information content (AvgIpc) is 2.63. The Morgan fingerprint density at radius 2 is 1.79 bits per heavy atom. The molecular formula is C21H23FN2O4. The molecule has 28 heavy (non-hydrogen) atoms. The fourth-order valence-corrected chi connectivity index (χ4v) is 2.62. The number of halogens is 1. The minimum atomic E-state index is -0.448. The minimum absolute atomic E-state index is 0.0690. The lowest BCUT2D eigenvalue weighted by Gasteiger charge is -2.21. The second-order valence-electron chi connectivity index (χ2n) is 6.26. The molecule has 0 saturated carbocycles. The predicted molar refractivity (Wildman–Crippen MR) is 103 cm³/mol. The van der Waals surface area contributed by atoms with Crippen LogP contribution < -0.4 is 5.32 Å². The Kier molecular flexibility index (Phi) is 7.83. The van der Waals surface area contributed by atoms with Gasteiger partial charge >= 0.3 is 5.97 Å². The van der Waals surface area contributed by atoms with Crippen molar-refractivity contribution in [2.45, 2.75) is 20.4 Å². The third-order valence-corrected chi connectivity index (χ3v) is 3.90. The Bertz CT molecular complexity index is 837. The Balaban J connectivity index is 2.06. The smallest absolute Gasteiger partial charge is 0.320 e. The highest BCUT2D eigenvalue weighted by Gasteiger charge is 2.16. The normalized spacial score (nSPS) is 10.6. The van der Waals surface area contributed by atoms with Gasteiger partial charge in [-0.1, -0.05) is 24.3 Å². The van der Waals surface area contributed by atoms with E-state index in [2.05, 4.69) is 5.32 Å². The summed E-state index contributed by atoms with van der Waals surface area (Å²) < 4.78 is 18.1. The topological polar surface area (TPSA) is 75.7 Å². The number of ketones is 1. The summed E-state index contributed by atoms with van der Waals surface area (Å²) in [6, 6.07) is 12.5. The second-order valence-corrected chi connectivity index (χ2v) is 6.26. The molecule has 0 bridgehead atoms. The van der Waals surface area contributed by atoms with Gasteiger partial charge in [-0.05, 0) is 43.7 Å². The van der Waals surface area contributed by atoms with E-state index in [1.54, 1.807) is 48.2 Å². The van der Waals surface area contributed by atoms with E-state index in [1.807, 2.05) is 0 Å². The molecule has 0 unspecified atom stereocenters. The van der Waals surface area contributed by atoms with Crippen LogP contribution in [-0.2, 0) is 20.9 Å². The number of esters is 1. The van der Waals surface area contributed by atoms with Gasteiger partial charge in [0.25, 0.3) is 0 Å². The number of nitrogens with zero attached hydrogens (tertiary/aromatic N) is 1. The summed E-state index contributed by atoms with van der Waals surface area (Å²) in [5.41, 5.74) is 1.75. The summed E-state index contributed by atoms with van der Waals surface area (Å²) in [4.78, 5) is 37.4. The van der Waals surface area contributed by atoms with Crippen LogP contribution in [0.5, 0.6) is 0 Å². The summed E-state index contributed by atoms with van der Waals surface area (Å²) >= 11 is 0. The minimum Gasteiger partial charge on any atom is -0.465 e. The summed E-state index contributed by atoms with van der Waals surface area (Å²) in [5, 5.41) is 2.72. The number of carbonyl (C=O) groups is 3. The fourth-order valence-electron chi connectivity index (χ4n) is 2.62. The van der Waals surface area contributed by atoms with E-state index in [0.717, 1.165) is 5.56 Å². The molecule has 1 N–H and O–H groups in total. The first-order valence-corrected chi connectivity index (χ1v) is 8.90. The molecule has 2 rings (SSSR count). The van der Waals surface area contributed by atoms with Crippen LogP contribution in [0.1, 0.15) is 29.8 Å². The first-order chi connectivity index (χ1) is 13.4. The van der Waals surface area contributed by atoms with E-state index >= 15 is 0 Å². The Morgan fingerprint density at radius 1 is 1.07 bits per heavy atom. The van der Waals surface area contributed by atoms with Crippen LogP contribution in [-0.4, -0.2) is 42.3 Å². The molecule has 0 aromatic heterocycles. The molecule has 0 fully saturated rings. The number of hydrogen-bond donors (Lipinski definition) is 1. The van der Waals surface area contributed by atoms with Crippen molar-refractivity contribution in [1.29, 1.82) is 0 Å². The third-order valence-electron chi connectivity index (χ3n) is 3.90. The van der Waals surface area contributed by atoms with Crippen molar-refractivity contribution in [1.82, 2.24) is 4.90 Å². The van der Waals surface area contributed by atoms with Crippen molar-refractivity contribution in [3.05, 3.63) is 65.5 Å². The molecule has 0 aliphatic heterocycles. The van der Waals surface area contributed by atoms with E-state index in [1.165, 1.54) is 19.1 Å². The van der Waals surface area contributed by atoms with Gasteiger partial charge in [0.15, 0.2) is 5.78 Å². The van der Waals surface area contributed by atoms with E-state index in [0.29, 0.717) is 11.3 Å². The Morgan fingerprint density at radius 3 is 2.43 bits per heavy atom. The monoisotopic (exact) mass is 386 g/mol.